The van der Waals surface area contributed by atoms with Gasteiger partial charge in [-0.3, -0.25) is 14.5 Å². The normalized spacial score (nSPS) is 21.3. The number of rotatable bonds is 5. The predicted molar refractivity (Wildman–Crippen MR) is 123 cm³/mol. The van der Waals surface area contributed by atoms with Crippen LogP contribution >= 0.6 is 0 Å². The molecule has 32 heavy (non-hydrogen) atoms. The van der Waals surface area contributed by atoms with Crippen molar-refractivity contribution < 1.29 is 9.59 Å². The van der Waals surface area contributed by atoms with Crippen LogP contribution in [0.1, 0.15) is 67.1 Å². The van der Waals surface area contributed by atoms with Crippen LogP contribution in [0.25, 0.3) is 0 Å². The van der Waals surface area contributed by atoms with E-state index >= 15 is 0 Å². The fourth-order valence-corrected chi connectivity index (χ4v) is 5.51. The van der Waals surface area contributed by atoms with Crippen molar-refractivity contribution in [1.29, 1.82) is 0 Å². The molecule has 3 heterocycles. The van der Waals surface area contributed by atoms with Crippen LogP contribution in [-0.4, -0.2) is 46.3 Å². The molecule has 0 spiro atoms. The van der Waals surface area contributed by atoms with Gasteiger partial charge in [0.2, 0.25) is 11.8 Å². The summed E-state index contributed by atoms with van der Waals surface area (Å²) in [6.45, 7) is 4.16. The van der Waals surface area contributed by atoms with E-state index in [-0.39, 0.29) is 17.7 Å². The van der Waals surface area contributed by atoms with Crippen molar-refractivity contribution in [3.05, 3.63) is 53.0 Å². The lowest BCUT2D eigenvalue weighted by Crippen LogP contribution is -2.42. The molecule has 2 aliphatic heterocycles. The number of piperidine rings is 1. The van der Waals surface area contributed by atoms with Crippen molar-refractivity contribution >= 4 is 17.6 Å². The Labute approximate surface area is 190 Å². The maximum absolute atomic E-state index is 13.0. The largest absolute Gasteiger partial charge is 0.342 e. The second-order valence-electron chi connectivity index (χ2n) is 9.53. The smallest absolute Gasteiger partial charge is 0.232 e. The topological polar surface area (TPSA) is 66.4 Å². The number of nitrogens with zero attached hydrogens (tertiary/aromatic N) is 4. The summed E-state index contributed by atoms with van der Waals surface area (Å²) in [5, 5.41) is 0. The average molecular weight is 433 g/mol. The number of amides is 2. The zero-order chi connectivity index (χ0) is 22.1. The second-order valence-corrected chi connectivity index (χ2v) is 9.53. The lowest BCUT2D eigenvalue weighted by atomic mass is 9.95. The summed E-state index contributed by atoms with van der Waals surface area (Å²) in [5.74, 6) is 2.36. The molecule has 1 aromatic heterocycles. The Kier molecular flexibility index (Phi) is 5.94. The third kappa shape index (κ3) is 4.15. The highest BCUT2D eigenvalue weighted by Crippen LogP contribution is 2.34. The molecule has 0 N–H and O–H groups in total. The highest BCUT2D eigenvalue weighted by Gasteiger charge is 2.35. The van der Waals surface area contributed by atoms with Crippen molar-refractivity contribution in [3.63, 3.8) is 0 Å². The van der Waals surface area contributed by atoms with Gasteiger partial charge in [-0.1, -0.05) is 43.2 Å². The van der Waals surface area contributed by atoms with Crippen molar-refractivity contribution in [2.75, 3.05) is 24.5 Å². The summed E-state index contributed by atoms with van der Waals surface area (Å²) in [5.41, 5.74) is 3.08. The third-order valence-corrected chi connectivity index (χ3v) is 7.36. The Morgan fingerprint density at radius 3 is 2.62 bits per heavy atom. The number of hydrogen-bond donors (Lipinski definition) is 0. The van der Waals surface area contributed by atoms with Gasteiger partial charge in [-0.15, -0.1) is 0 Å². The molecule has 6 nitrogen and oxygen atoms in total. The first-order chi connectivity index (χ1) is 15.6. The van der Waals surface area contributed by atoms with Crippen molar-refractivity contribution in [2.24, 2.45) is 5.92 Å². The third-order valence-electron chi connectivity index (χ3n) is 7.36. The molecule has 1 aliphatic carbocycles. The molecule has 1 aromatic carbocycles. The van der Waals surface area contributed by atoms with E-state index in [2.05, 4.69) is 12.1 Å². The molecule has 0 radical (unpaired) electrons. The molecule has 2 aromatic rings. The van der Waals surface area contributed by atoms with Crippen molar-refractivity contribution in [2.45, 2.75) is 64.2 Å². The fourth-order valence-electron chi connectivity index (χ4n) is 5.51. The van der Waals surface area contributed by atoms with Crippen LogP contribution in [0.2, 0.25) is 0 Å². The molecule has 3 aliphatic rings. The van der Waals surface area contributed by atoms with Crippen LogP contribution in [0.3, 0.4) is 0 Å². The molecular formula is C26H32N4O2. The molecule has 6 heteroatoms. The van der Waals surface area contributed by atoms with E-state index < -0.39 is 0 Å². The van der Waals surface area contributed by atoms with Crippen LogP contribution in [0.15, 0.2) is 30.3 Å². The number of aromatic nitrogens is 2. The van der Waals surface area contributed by atoms with Gasteiger partial charge in [-0.2, -0.15) is 0 Å². The number of benzene rings is 1. The van der Waals surface area contributed by atoms with E-state index in [1.54, 1.807) is 0 Å². The Hall–Kier alpha value is -2.76. The summed E-state index contributed by atoms with van der Waals surface area (Å²) in [4.78, 5) is 39.4. The van der Waals surface area contributed by atoms with Gasteiger partial charge in [0, 0.05) is 42.7 Å². The van der Waals surface area contributed by atoms with Gasteiger partial charge in [0.15, 0.2) is 0 Å². The Bertz CT molecular complexity index is 1000. The number of anilines is 1. The Morgan fingerprint density at radius 1 is 1.06 bits per heavy atom. The van der Waals surface area contributed by atoms with E-state index in [0.717, 1.165) is 61.5 Å². The number of hydrogen-bond acceptors (Lipinski definition) is 4. The van der Waals surface area contributed by atoms with Gasteiger partial charge in [-0.25, -0.2) is 9.97 Å². The number of fused-ring (bicyclic) bond motifs is 1. The summed E-state index contributed by atoms with van der Waals surface area (Å²) >= 11 is 0. The van der Waals surface area contributed by atoms with Gasteiger partial charge in [0.25, 0.3) is 0 Å². The number of carbonyl (C=O) groups excluding carboxylic acids is 2. The second kappa shape index (κ2) is 9.00. The van der Waals surface area contributed by atoms with Gasteiger partial charge in [-0.05, 0) is 44.6 Å². The zero-order valence-electron chi connectivity index (χ0n) is 18.9. The zero-order valence-corrected chi connectivity index (χ0v) is 18.9. The number of aryl methyl sites for hydroxylation is 1. The summed E-state index contributed by atoms with van der Waals surface area (Å²) < 4.78 is 0. The first-order valence-corrected chi connectivity index (χ1v) is 12.1. The first-order valence-electron chi connectivity index (χ1n) is 12.1. The van der Waals surface area contributed by atoms with Crippen LogP contribution < -0.4 is 4.90 Å². The predicted octanol–water partition coefficient (Wildman–Crippen LogP) is 3.81. The molecule has 1 saturated heterocycles. The number of carbonyl (C=O) groups is 2. The lowest BCUT2D eigenvalue weighted by Gasteiger charge is -2.34. The first kappa shape index (κ1) is 21.1. The van der Waals surface area contributed by atoms with Crippen molar-refractivity contribution in [1.82, 2.24) is 14.9 Å². The Morgan fingerprint density at radius 2 is 1.84 bits per heavy atom. The maximum Gasteiger partial charge on any atom is 0.232 e. The summed E-state index contributed by atoms with van der Waals surface area (Å²) in [7, 11) is 0. The molecule has 5 rings (SSSR count). The molecule has 2 fully saturated rings. The van der Waals surface area contributed by atoms with Crippen LogP contribution in [-0.2, 0) is 22.4 Å². The van der Waals surface area contributed by atoms with Gasteiger partial charge >= 0.3 is 0 Å². The van der Waals surface area contributed by atoms with Crippen LogP contribution in [0.5, 0.6) is 0 Å². The molecule has 0 bridgehead atoms. The monoisotopic (exact) mass is 432 g/mol. The highest BCUT2D eigenvalue weighted by molar-refractivity contribution is 6.00. The molecule has 1 saturated carbocycles. The van der Waals surface area contributed by atoms with E-state index in [9.17, 15) is 9.59 Å². The highest BCUT2D eigenvalue weighted by atomic mass is 16.2. The maximum atomic E-state index is 13.0. The molecule has 1 atom stereocenters. The van der Waals surface area contributed by atoms with Gasteiger partial charge in [0.05, 0.1) is 6.42 Å². The van der Waals surface area contributed by atoms with Crippen molar-refractivity contribution in [3.8, 4) is 0 Å². The minimum Gasteiger partial charge on any atom is -0.342 e. The van der Waals surface area contributed by atoms with Gasteiger partial charge in [0.1, 0.15) is 11.6 Å². The van der Waals surface area contributed by atoms with E-state index in [0.29, 0.717) is 25.4 Å². The van der Waals surface area contributed by atoms with E-state index in [4.69, 9.17) is 9.97 Å². The molecular weight excluding hydrogens is 400 g/mol. The molecule has 2 amide bonds. The standard InChI is InChI=1S/C26H32N4O2/c1-18-22-16-23(31)30(15-13-19-8-3-2-4-9-19)25(22)28-24(27-18)21-12-7-14-29(17-21)26(32)20-10-5-6-11-20/h2-4,8-9,20-21H,5-7,10-17H2,1H3. The number of likely N-dealkylation sites (tertiary alicyclic amines) is 1. The lowest BCUT2D eigenvalue weighted by molar-refractivity contribution is -0.136. The Balaban J connectivity index is 1.34. The van der Waals surface area contributed by atoms with Gasteiger partial charge < -0.3 is 4.90 Å². The fraction of sp³-hybridized carbons (Fsp3) is 0.538. The minimum atomic E-state index is 0.104. The summed E-state index contributed by atoms with van der Waals surface area (Å²) in [6.07, 6.45) is 7.58. The average Bonchev–Trinajstić information content (AvgIpc) is 3.46. The SMILES string of the molecule is Cc1nc(C2CCCN(C(=O)C3CCCC3)C2)nc2c1CC(=O)N2CCc1ccccc1. The van der Waals surface area contributed by atoms with Crippen LogP contribution in [0.4, 0.5) is 5.82 Å². The summed E-state index contributed by atoms with van der Waals surface area (Å²) in [6, 6.07) is 10.3. The quantitative estimate of drug-likeness (QED) is 0.721. The molecule has 1 unspecified atom stereocenters. The molecule has 168 valence electrons. The van der Waals surface area contributed by atoms with E-state index in [1.165, 1.54) is 18.4 Å². The minimum absolute atomic E-state index is 0.104. The van der Waals surface area contributed by atoms with E-state index in [1.807, 2.05) is 34.9 Å². The van der Waals surface area contributed by atoms with Crippen LogP contribution in [0, 0.1) is 12.8 Å².